The van der Waals surface area contributed by atoms with Crippen LogP contribution in [0.15, 0.2) is 77.7 Å². The molecule has 0 radical (unpaired) electrons. The van der Waals surface area contributed by atoms with Crippen molar-refractivity contribution in [2.45, 2.75) is 83.3 Å². The maximum atomic E-state index is 14.2. The van der Waals surface area contributed by atoms with Crippen molar-refractivity contribution < 1.29 is 18.0 Å². The standard InChI is InChI=1S/C33H41N3O4S/c1-5-31(33(38)34-28-11-9-10-12-28)35(22-27-17-15-24(2)16-18-27)32(37)23-36(29-20-25(3)19-26(4)21-29)41(39,40)30-13-7-6-8-14-30/h6-8,13-21,28,31H,5,9-12,22-23H2,1-4H3,(H,34,38)/t31-/m1/s1. The second kappa shape index (κ2) is 13.3. The molecule has 0 saturated heterocycles. The minimum absolute atomic E-state index is 0.100. The van der Waals surface area contributed by atoms with Crippen molar-refractivity contribution in [2.24, 2.45) is 0 Å². The summed E-state index contributed by atoms with van der Waals surface area (Å²) in [4.78, 5) is 29.4. The SMILES string of the molecule is CC[C@H](C(=O)NC1CCCC1)N(Cc1ccc(C)cc1)C(=O)CN(c1cc(C)cc(C)c1)S(=O)(=O)c1ccccc1. The number of aryl methyl sites for hydroxylation is 3. The molecule has 0 heterocycles. The molecule has 1 N–H and O–H groups in total. The molecule has 3 aromatic carbocycles. The molecule has 218 valence electrons. The van der Waals surface area contributed by atoms with E-state index in [2.05, 4.69) is 5.32 Å². The van der Waals surface area contributed by atoms with Gasteiger partial charge in [-0.15, -0.1) is 0 Å². The molecular weight excluding hydrogens is 534 g/mol. The second-order valence-electron chi connectivity index (χ2n) is 11.1. The van der Waals surface area contributed by atoms with Gasteiger partial charge < -0.3 is 10.2 Å². The molecule has 0 bridgehead atoms. The second-order valence-corrected chi connectivity index (χ2v) is 13.0. The van der Waals surface area contributed by atoms with Crippen molar-refractivity contribution in [3.63, 3.8) is 0 Å². The summed E-state index contributed by atoms with van der Waals surface area (Å²) in [6, 6.07) is 20.9. The fourth-order valence-electron chi connectivity index (χ4n) is 5.52. The lowest BCUT2D eigenvalue weighted by Crippen LogP contribution is -2.53. The molecular formula is C33H41N3O4S. The fraction of sp³-hybridized carbons (Fsp3) is 0.394. The van der Waals surface area contributed by atoms with Crippen molar-refractivity contribution in [3.8, 4) is 0 Å². The van der Waals surface area contributed by atoms with Crippen molar-refractivity contribution in [3.05, 3.63) is 95.1 Å². The molecule has 4 rings (SSSR count). The third-order valence-corrected chi connectivity index (χ3v) is 9.45. The van der Waals surface area contributed by atoms with E-state index in [0.29, 0.717) is 12.1 Å². The van der Waals surface area contributed by atoms with E-state index in [1.807, 2.05) is 58.0 Å². The Hall–Kier alpha value is -3.65. The fourth-order valence-corrected chi connectivity index (χ4v) is 6.94. The predicted molar refractivity (Wildman–Crippen MR) is 163 cm³/mol. The zero-order chi connectivity index (χ0) is 29.6. The lowest BCUT2D eigenvalue weighted by Gasteiger charge is -2.34. The zero-order valence-electron chi connectivity index (χ0n) is 24.5. The molecule has 1 saturated carbocycles. The van der Waals surface area contributed by atoms with E-state index in [1.54, 1.807) is 35.2 Å². The Morgan fingerprint density at radius 3 is 2.07 bits per heavy atom. The molecule has 7 nitrogen and oxygen atoms in total. The Kier molecular flexibility index (Phi) is 9.86. The highest BCUT2D eigenvalue weighted by atomic mass is 32.2. The molecule has 1 atom stereocenters. The van der Waals surface area contributed by atoms with Crippen LogP contribution in [0.5, 0.6) is 0 Å². The molecule has 41 heavy (non-hydrogen) atoms. The molecule has 8 heteroatoms. The van der Waals surface area contributed by atoms with Gasteiger partial charge >= 0.3 is 0 Å². The van der Waals surface area contributed by atoms with E-state index >= 15 is 0 Å². The highest BCUT2D eigenvalue weighted by Crippen LogP contribution is 2.27. The van der Waals surface area contributed by atoms with Gasteiger partial charge in [0.15, 0.2) is 0 Å². The number of anilines is 1. The van der Waals surface area contributed by atoms with E-state index in [0.717, 1.165) is 47.9 Å². The zero-order valence-corrected chi connectivity index (χ0v) is 25.3. The topological polar surface area (TPSA) is 86.8 Å². The molecule has 0 spiro atoms. The highest BCUT2D eigenvalue weighted by Gasteiger charge is 2.34. The van der Waals surface area contributed by atoms with E-state index in [4.69, 9.17) is 0 Å². The Morgan fingerprint density at radius 2 is 1.49 bits per heavy atom. The van der Waals surface area contributed by atoms with Crippen LogP contribution in [0.25, 0.3) is 0 Å². The summed E-state index contributed by atoms with van der Waals surface area (Å²) < 4.78 is 29.2. The number of nitrogens with zero attached hydrogens (tertiary/aromatic N) is 2. The Bertz CT molecular complexity index is 1430. The first kappa shape index (κ1) is 30.3. The van der Waals surface area contributed by atoms with Crippen LogP contribution in [0, 0.1) is 20.8 Å². The maximum absolute atomic E-state index is 14.2. The van der Waals surface area contributed by atoms with Crippen LogP contribution in [0.3, 0.4) is 0 Å². The van der Waals surface area contributed by atoms with Gasteiger partial charge in [-0.3, -0.25) is 13.9 Å². The van der Waals surface area contributed by atoms with Gasteiger partial charge in [0.25, 0.3) is 10.0 Å². The van der Waals surface area contributed by atoms with Crippen molar-refractivity contribution in [1.29, 1.82) is 0 Å². The van der Waals surface area contributed by atoms with Crippen LogP contribution in [0.1, 0.15) is 61.3 Å². The number of sulfonamides is 1. The number of carbonyl (C=O) groups excluding carboxylic acids is 2. The first-order valence-electron chi connectivity index (χ1n) is 14.4. The number of amides is 2. The quantitative estimate of drug-likeness (QED) is 0.319. The van der Waals surface area contributed by atoms with Gasteiger partial charge in [0.2, 0.25) is 11.8 Å². The lowest BCUT2D eigenvalue weighted by atomic mass is 10.1. The molecule has 3 aromatic rings. The van der Waals surface area contributed by atoms with E-state index in [-0.39, 0.29) is 23.4 Å². The lowest BCUT2D eigenvalue weighted by molar-refractivity contribution is -0.140. The molecule has 1 fully saturated rings. The molecule has 0 unspecified atom stereocenters. The van der Waals surface area contributed by atoms with Gasteiger partial charge in [-0.2, -0.15) is 0 Å². The number of nitrogens with one attached hydrogen (secondary N) is 1. The van der Waals surface area contributed by atoms with Crippen LogP contribution < -0.4 is 9.62 Å². The molecule has 1 aliphatic carbocycles. The monoisotopic (exact) mass is 575 g/mol. The molecule has 0 aliphatic heterocycles. The van der Waals surface area contributed by atoms with Crippen molar-refractivity contribution in [1.82, 2.24) is 10.2 Å². The number of hydrogen-bond acceptors (Lipinski definition) is 4. The van der Waals surface area contributed by atoms with Crippen LogP contribution in [0.4, 0.5) is 5.69 Å². The van der Waals surface area contributed by atoms with E-state index in [9.17, 15) is 18.0 Å². The largest absolute Gasteiger partial charge is 0.352 e. The first-order valence-corrected chi connectivity index (χ1v) is 15.8. The maximum Gasteiger partial charge on any atom is 0.264 e. The Morgan fingerprint density at radius 1 is 0.878 bits per heavy atom. The first-order chi connectivity index (χ1) is 19.6. The number of carbonyl (C=O) groups is 2. The number of hydrogen-bond donors (Lipinski definition) is 1. The third kappa shape index (κ3) is 7.55. The Labute approximate surface area is 244 Å². The highest BCUT2D eigenvalue weighted by molar-refractivity contribution is 7.92. The molecule has 0 aromatic heterocycles. The van der Waals surface area contributed by atoms with Crippen LogP contribution in [-0.4, -0.2) is 43.8 Å². The minimum Gasteiger partial charge on any atom is -0.352 e. The van der Waals surface area contributed by atoms with Crippen LogP contribution in [0.2, 0.25) is 0 Å². The Balaban J connectivity index is 1.72. The van der Waals surface area contributed by atoms with Gasteiger partial charge in [0, 0.05) is 12.6 Å². The van der Waals surface area contributed by atoms with Gasteiger partial charge in [-0.1, -0.05) is 73.9 Å². The van der Waals surface area contributed by atoms with Crippen LogP contribution in [-0.2, 0) is 26.2 Å². The minimum atomic E-state index is -4.08. The van der Waals surface area contributed by atoms with Crippen molar-refractivity contribution >= 4 is 27.5 Å². The van der Waals surface area contributed by atoms with Gasteiger partial charge in [0.1, 0.15) is 12.6 Å². The summed E-state index contributed by atoms with van der Waals surface area (Å²) in [5.41, 5.74) is 4.16. The summed E-state index contributed by atoms with van der Waals surface area (Å²) >= 11 is 0. The normalized spacial score (nSPS) is 14.4. The number of rotatable bonds is 11. The molecule has 1 aliphatic rings. The van der Waals surface area contributed by atoms with E-state index < -0.39 is 28.5 Å². The summed E-state index contributed by atoms with van der Waals surface area (Å²) in [5, 5.41) is 3.15. The summed E-state index contributed by atoms with van der Waals surface area (Å²) in [6.45, 7) is 7.44. The summed E-state index contributed by atoms with van der Waals surface area (Å²) in [6.07, 6.45) is 4.44. The summed E-state index contributed by atoms with van der Waals surface area (Å²) in [7, 11) is -4.08. The van der Waals surface area contributed by atoms with E-state index in [1.165, 1.54) is 16.4 Å². The third-order valence-electron chi connectivity index (χ3n) is 7.67. The smallest absolute Gasteiger partial charge is 0.264 e. The van der Waals surface area contributed by atoms with Gasteiger partial charge in [-0.05, 0) is 81.0 Å². The van der Waals surface area contributed by atoms with Crippen molar-refractivity contribution in [2.75, 3.05) is 10.8 Å². The van der Waals surface area contributed by atoms with Gasteiger partial charge in [0.05, 0.1) is 10.6 Å². The predicted octanol–water partition coefficient (Wildman–Crippen LogP) is 5.67. The van der Waals surface area contributed by atoms with Crippen LogP contribution >= 0.6 is 0 Å². The average Bonchev–Trinajstić information content (AvgIpc) is 3.45. The number of benzene rings is 3. The van der Waals surface area contributed by atoms with Gasteiger partial charge in [-0.25, -0.2) is 8.42 Å². The summed E-state index contributed by atoms with van der Waals surface area (Å²) in [5.74, 6) is -0.624. The molecule has 2 amide bonds. The average molecular weight is 576 g/mol.